The monoisotopic (exact) mass is 743 g/mol. The molecule has 17 heteroatoms. The molecule has 0 amide bonds. The fourth-order valence-electron chi connectivity index (χ4n) is 5.68. The van der Waals surface area contributed by atoms with Crippen molar-refractivity contribution in [3.8, 4) is 11.5 Å². The topological polar surface area (TPSA) is 114 Å². The molecule has 3 aromatic carbocycles. The van der Waals surface area contributed by atoms with E-state index in [1.807, 2.05) is 24.3 Å². The molecule has 0 bridgehead atoms. The van der Waals surface area contributed by atoms with Crippen LogP contribution in [-0.2, 0) is 16.4 Å². The van der Waals surface area contributed by atoms with E-state index in [9.17, 15) is 39.2 Å². The number of alkyl halides is 6. The maximum Gasteiger partial charge on any atom is 0.422 e. The first kappa shape index (κ1) is 37.9. The van der Waals surface area contributed by atoms with Crippen LogP contribution in [0, 0.1) is 17.7 Å². The van der Waals surface area contributed by atoms with Gasteiger partial charge in [-0.1, -0.05) is 24.3 Å². The number of rotatable bonds is 15. The minimum atomic E-state index is -4.78. The Bertz CT molecular complexity index is 1870. The molecule has 0 spiro atoms. The molecule has 9 nitrogen and oxygen atoms in total. The number of anilines is 2. The van der Waals surface area contributed by atoms with Gasteiger partial charge >= 0.3 is 12.4 Å². The summed E-state index contributed by atoms with van der Waals surface area (Å²) in [7, 11) is -4.49. The van der Waals surface area contributed by atoms with Crippen molar-refractivity contribution >= 4 is 32.7 Å². The van der Waals surface area contributed by atoms with Crippen LogP contribution in [0.4, 0.5) is 42.5 Å². The molecule has 1 aromatic heterocycles. The molecule has 0 radical (unpaired) electrons. The maximum atomic E-state index is 13.3. The second kappa shape index (κ2) is 16.3. The van der Waals surface area contributed by atoms with Crippen molar-refractivity contribution in [1.82, 2.24) is 14.7 Å². The molecule has 0 aliphatic heterocycles. The van der Waals surface area contributed by atoms with E-state index in [0.717, 1.165) is 41.4 Å². The second-order valence-electron chi connectivity index (χ2n) is 12.3. The number of benzene rings is 3. The van der Waals surface area contributed by atoms with E-state index in [0.29, 0.717) is 50.2 Å². The normalized spacial score (nSPS) is 16.9. The van der Waals surface area contributed by atoms with Gasteiger partial charge in [-0.2, -0.15) is 31.3 Å². The van der Waals surface area contributed by atoms with Crippen molar-refractivity contribution in [1.29, 1.82) is 0 Å². The van der Waals surface area contributed by atoms with Gasteiger partial charge in [0.25, 0.3) is 0 Å². The van der Waals surface area contributed by atoms with Crippen LogP contribution in [0.5, 0.6) is 11.5 Å². The molecule has 4 aromatic rings. The molecule has 5 rings (SSSR count). The summed E-state index contributed by atoms with van der Waals surface area (Å²) in [5, 5.41) is 7.52. The molecular weight excluding hydrogens is 707 g/mol. The van der Waals surface area contributed by atoms with Crippen LogP contribution < -0.4 is 24.8 Å². The highest BCUT2D eigenvalue weighted by Gasteiger charge is 2.32. The zero-order valence-electron chi connectivity index (χ0n) is 27.2. The van der Waals surface area contributed by atoms with E-state index < -0.39 is 52.0 Å². The van der Waals surface area contributed by atoms with Crippen LogP contribution in [-0.4, -0.2) is 63.6 Å². The molecule has 1 heterocycles. The highest BCUT2D eigenvalue weighted by atomic mass is 32.2. The summed E-state index contributed by atoms with van der Waals surface area (Å²) < 4.78 is 128. The lowest BCUT2D eigenvalue weighted by Gasteiger charge is -2.29. The molecule has 1 saturated carbocycles. The third kappa shape index (κ3) is 11.6. The van der Waals surface area contributed by atoms with Gasteiger partial charge in [-0.05, 0) is 85.9 Å². The third-order valence-electron chi connectivity index (χ3n) is 8.30. The van der Waals surface area contributed by atoms with Crippen LogP contribution in [0.15, 0.2) is 71.6 Å². The van der Waals surface area contributed by atoms with Crippen LogP contribution in [0.25, 0.3) is 10.9 Å². The van der Waals surface area contributed by atoms with Gasteiger partial charge in [0.05, 0.1) is 5.52 Å². The van der Waals surface area contributed by atoms with Crippen molar-refractivity contribution in [2.75, 3.05) is 43.5 Å². The number of aromatic nitrogens is 2. The van der Waals surface area contributed by atoms with Gasteiger partial charge in [0.1, 0.15) is 28.0 Å². The Balaban J connectivity index is 1.15. The van der Waals surface area contributed by atoms with E-state index in [2.05, 4.69) is 34.8 Å². The highest BCUT2D eigenvalue weighted by molar-refractivity contribution is 7.89. The van der Waals surface area contributed by atoms with Crippen LogP contribution in [0.3, 0.4) is 0 Å². The Labute approximate surface area is 290 Å². The van der Waals surface area contributed by atoms with Gasteiger partial charge in [0.2, 0.25) is 16.0 Å². The number of halogens is 7. The van der Waals surface area contributed by atoms with Crippen molar-refractivity contribution in [3.05, 3.63) is 78.1 Å². The molecular formula is C34H36F7N5O4S. The summed E-state index contributed by atoms with van der Waals surface area (Å²) in [6, 6.07) is 16.3. The first-order chi connectivity index (χ1) is 24.1. The fraction of sp³-hybridized carbons (Fsp3) is 0.412. The molecule has 1 aliphatic rings. The highest BCUT2D eigenvalue weighted by Crippen LogP contribution is 2.33. The van der Waals surface area contributed by atoms with Crippen molar-refractivity contribution in [2.45, 2.75) is 49.4 Å². The van der Waals surface area contributed by atoms with Gasteiger partial charge in [-0.25, -0.2) is 22.5 Å². The van der Waals surface area contributed by atoms with Crippen LogP contribution >= 0.6 is 0 Å². The summed E-state index contributed by atoms with van der Waals surface area (Å²) in [5.74, 6) is -0.220. The maximum absolute atomic E-state index is 13.3. The minimum absolute atomic E-state index is 0.0322. The zero-order chi connectivity index (χ0) is 36.6. The van der Waals surface area contributed by atoms with E-state index in [1.54, 1.807) is 12.1 Å². The summed E-state index contributed by atoms with van der Waals surface area (Å²) in [4.78, 5) is 8.57. The molecule has 276 valence electrons. The molecule has 1 fully saturated rings. The van der Waals surface area contributed by atoms with E-state index in [1.165, 1.54) is 12.1 Å². The number of para-hydroxylation sites is 1. The van der Waals surface area contributed by atoms with Gasteiger partial charge in [0.15, 0.2) is 13.2 Å². The third-order valence-corrected chi connectivity index (χ3v) is 9.74. The molecule has 1 aliphatic carbocycles. The Kier molecular flexibility index (Phi) is 12.1. The van der Waals surface area contributed by atoms with Gasteiger partial charge in [-0.3, -0.25) is 0 Å². The average Bonchev–Trinajstić information content (AvgIpc) is 3.09. The smallest absolute Gasteiger partial charge is 0.422 e. The summed E-state index contributed by atoms with van der Waals surface area (Å²) in [6.07, 6.45) is -6.04. The zero-order valence-corrected chi connectivity index (χ0v) is 28.0. The lowest BCUT2D eigenvalue weighted by atomic mass is 9.82. The van der Waals surface area contributed by atoms with E-state index in [4.69, 9.17) is 0 Å². The lowest BCUT2D eigenvalue weighted by Crippen LogP contribution is -2.33. The average molecular weight is 744 g/mol. The number of fused-ring (bicyclic) bond motifs is 1. The van der Waals surface area contributed by atoms with Gasteiger partial charge < -0.3 is 20.1 Å². The van der Waals surface area contributed by atoms with Crippen molar-refractivity contribution in [3.63, 3.8) is 0 Å². The second-order valence-corrected chi connectivity index (χ2v) is 14.0. The van der Waals surface area contributed by atoms with Gasteiger partial charge in [0, 0.05) is 31.1 Å². The number of sulfonamides is 1. The molecule has 0 saturated heterocycles. The summed E-state index contributed by atoms with van der Waals surface area (Å²) in [5.41, 5.74) is 1.73. The number of nitrogens with zero attached hydrogens (tertiary/aromatic N) is 2. The standard InChI is InChI=1S/C34H36F7N5O4S/c35-25-11-9-22(10-12-25)15-16-42-31-27-3-1-2-4-28(27)45-32(46-31)43-18-23-5-7-24(8-6-23)19-44-51(47,48)30-17-26(49-20-33(36,37)38)13-14-29(30)50-21-34(39,40)41/h1-4,9-14,17,23-24,44H,5-8,15-16,18-21H2,(H2,42,43,45,46)/t23-,24-. The summed E-state index contributed by atoms with van der Waals surface area (Å²) >= 11 is 0. The Morgan fingerprint density at radius 2 is 1.41 bits per heavy atom. The summed E-state index contributed by atoms with van der Waals surface area (Å²) in [6.45, 7) is -2.41. The Morgan fingerprint density at radius 1 is 0.765 bits per heavy atom. The Morgan fingerprint density at radius 3 is 2.10 bits per heavy atom. The first-order valence-corrected chi connectivity index (χ1v) is 17.6. The number of ether oxygens (including phenoxy) is 2. The molecule has 0 unspecified atom stereocenters. The predicted molar refractivity (Wildman–Crippen MR) is 177 cm³/mol. The SMILES string of the molecule is O=S(=O)(NC[C@H]1CC[C@H](CNc2nc(NCCc3ccc(F)cc3)c3ccccc3n2)CC1)c1cc(OCC(F)(F)F)ccc1OCC(F)(F)F. The van der Waals surface area contributed by atoms with Crippen molar-refractivity contribution in [2.24, 2.45) is 11.8 Å². The quantitative estimate of drug-likeness (QED) is 0.107. The molecule has 51 heavy (non-hydrogen) atoms. The number of hydrogen-bond donors (Lipinski definition) is 3. The largest absolute Gasteiger partial charge is 0.484 e. The van der Waals surface area contributed by atoms with Crippen LogP contribution in [0.1, 0.15) is 31.2 Å². The van der Waals surface area contributed by atoms with E-state index in [-0.39, 0.29) is 24.2 Å². The predicted octanol–water partition coefficient (Wildman–Crippen LogP) is 7.50. The Hall–Kier alpha value is -4.38. The van der Waals surface area contributed by atoms with Crippen molar-refractivity contribution < 1.29 is 48.6 Å². The number of hydrogen-bond acceptors (Lipinski definition) is 8. The molecule has 0 atom stereocenters. The van der Waals surface area contributed by atoms with Gasteiger partial charge in [-0.15, -0.1) is 0 Å². The number of nitrogens with one attached hydrogen (secondary N) is 3. The van der Waals surface area contributed by atoms with Crippen LogP contribution in [0.2, 0.25) is 0 Å². The lowest BCUT2D eigenvalue weighted by molar-refractivity contribution is -0.154. The van der Waals surface area contributed by atoms with E-state index >= 15 is 0 Å². The minimum Gasteiger partial charge on any atom is -0.484 e. The first-order valence-electron chi connectivity index (χ1n) is 16.2. The fourth-order valence-corrected chi connectivity index (χ4v) is 6.95. The molecule has 3 N–H and O–H groups in total.